The number of nitrogens with one attached hydrogen (secondary N) is 2. The van der Waals surface area contributed by atoms with E-state index in [4.69, 9.17) is 9.84 Å². The number of hydrogen-bond donors (Lipinski definition) is 3. The summed E-state index contributed by atoms with van der Waals surface area (Å²) in [5.74, 6) is 0.794. The maximum Gasteiger partial charge on any atom is 0.404 e. The lowest BCUT2D eigenvalue weighted by Gasteiger charge is -2.13. The first kappa shape index (κ1) is 12.2. The highest BCUT2D eigenvalue weighted by atomic mass is 16.5. The fourth-order valence-electron chi connectivity index (χ4n) is 1.24. The van der Waals surface area contributed by atoms with E-state index in [-0.39, 0.29) is 6.04 Å². The van der Waals surface area contributed by atoms with Gasteiger partial charge < -0.3 is 20.5 Å². The topological polar surface area (TPSA) is 70.6 Å². The Labute approximate surface area is 94.4 Å². The van der Waals surface area contributed by atoms with Crippen molar-refractivity contribution in [2.24, 2.45) is 0 Å². The highest BCUT2D eigenvalue weighted by molar-refractivity contribution is 5.64. The zero-order chi connectivity index (χ0) is 12.0. The monoisotopic (exact) mass is 224 g/mol. The molecule has 5 heteroatoms. The van der Waals surface area contributed by atoms with E-state index in [0.717, 1.165) is 11.4 Å². The van der Waals surface area contributed by atoms with Crippen LogP contribution in [-0.4, -0.2) is 30.9 Å². The van der Waals surface area contributed by atoms with Gasteiger partial charge in [0, 0.05) is 18.3 Å². The fraction of sp³-hybridized carbons (Fsp3) is 0.364. The van der Waals surface area contributed by atoms with Gasteiger partial charge >= 0.3 is 6.09 Å². The summed E-state index contributed by atoms with van der Waals surface area (Å²) in [7, 11) is 1.61. The van der Waals surface area contributed by atoms with Crippen molar-refractivity contribution < 1.29 is 14.6 Å². The van der Waals surface area contributed by atoms with Gasteiger partial charge in [-0.15, -0.1) is 0 Å². The molecule has 0 fully saturated rings. The third kappa shape index (κ3) is 4.08. The number of hydrogen-bond acceptors (Lipinski definition) is 3. The molecule has 1 atom stereocenters. The second-order valence-electron chi connectivity index (χ2n) is 3.46. The molecule has 0 saturated heterocycles. The van der Waals surface area contributed by atoms with Crippen LogP contribution in [0.1, 0.15) is 6.92 Å². The average Bonchev–Trinajstić information content (AvgIpc) is 2.26. The number of benzene rings is 1. The summed E-state index contributed by atoms with van der Waals surface area (Å²) in [5.41, 5.74) is 0.930. The smallest absolute Gasteiger partial charge is 0.404 e. The van der Waals surface area contributed by atoms with E-state index in [1.54, 1.807) is 14.0 Å². The number of carbonyl (C=O) groups is 1. The van der Waals surface area contributed by atoms with Crippen LogP contribution in [0.4, 0.5) is 10.5 Å². The van der Waals surface area contributed by atoms with Crippen LogP contribution in [0.15, 0.2) is 24.3 Å². The van der Waals surface area contributed by atoms with Gasteiger partial charge in [0.25, 0.3) is 0 Å². The van der Waals surface area contributed by atoms with Crippen LogP contribution in [0.3, 0.4) is 0 Å². The highest BCUT2D eigenvalue weighted by Gasteiger charge is 2.04. The zero-order valence-electron chi connectivity index (χ0n) is 9.36. The maximum atomic E-state index is 10.3. The lowest BCUT2D eigenvalue weighted by atomic mass is 10.3. The number of ether oxygens (including phenoxy) is 1. The van der Waals surface area contributed by atoms with Crippen molar-refractivity contribution in [2.75, 3.05) is 19.0 Å². The van der Waals surface area contributed by atoms with Gasteiger partial charge in [-0.05, 0) is 31.2 Å². The number of methoxy groups -OCH3 is 1. The number of amides is 1. The van der Waals surface area contributed by atoms with E-state index in [2.05, 4.69) is 10.6 Å². The zero-order valence-corrected chi connectivity index (χ0v) is 9.36. The lowest BCUT2D eigenvalue weighted by Crippen LogP contribution is -2.36. The minimum absolute atomic E-state index is 0.139. The van der Waals surface area contributed by atoms with E-state index in [0.29, 0.717) is 6.54 Å². The summed E-state index contributed by atoms with van der Waals surface area (Å²) in [6, 6.07) is 7.31. The molecule has 1 rings (SSSR count). The lowest BCUT2D eigenvalue weighted by molar-refractivity contribution is 0.191. The van der Waals surface area contributed by atoms with Gasteiger partial charge in [0.1, 0.15) is 5.75 Å². The Balaban J connectivity index is 2.39. The van der Waals surface area contributed by atoms with Crippen LogP contribution in [0, 0.1) is 0 Å². The molecular formula is C11H16N2O3. The van der Waals surface area contributed by atoms with E-state index < -0.39 is 6.09 Å². The molecule has 88 valence electrons. The summed E-state index contributed by atoms with van der Waals surface area (Å²) < 4.78 is 5.03. The van der Waals surface area contributed by atoms with Gasteiger partial charge in [-0.1, -0.05) is 0 Å². The molecule has 0 radical (unpaired) electrons. The van der Waals surface area contributed by atoms with Crippen molar-refractivity contribution in [2.45, 2.75) is 13.0 Å². The van der Waals surface area contributed by atoms with Crippen LogP contribution in [0.5, 0.6) is 5.75 Å². The molecule has 0 aliphatic carbocycles. The predicted molar refractivity (Wildman–Crippen MR) is 62.1 cm³/mol. The van der Waals surface area contributed by atoms with Gasteiger partial charge in [0.05, 0.1) is 7.11 Å². The normalized spacial score (nSPS) is 11.6. The van der Waals surface area contributed by atoms with Gasteiger partial charge in [-0.25, -0.2) is 4.79 Å². The molecule has 0 aliphatic rings. The Kier molecular flexibility index (Phi) is 4.44. The molecular weight excluding hydrogens is 208 g/mol. The van der Waals surface area contributed by atoms with E-state index in [1.807, 2.05) is 24.3 Å². The summed E-state index contributed by atoms with van der Waals surface area (Å²) in [5, 5.41) is 14.0. The van der Waals surface area contributed by atoms with Crippen LogP contribution in [0.2, 0.25) is 0 Å². The quantitative estimate of drug-likeness (QED) is 0.712. The second kappa shape index (κ2) is 5.85. The molecule has 16 heavy (non-hydrogen) atoms. The third-order valence-electron chi connectivity index (χ3n) is 2.07. The Morgan fingerprint density at radius 2 is 2.06 bits per heavy atom. The van der Waals surface area contributed by atoms with Crippen molar-refractivity contribution in [1.82, 2.24) is 5.32 Å². The molecule has 1 aromatic carbocycles. The van der Waals surface area contributed by atoms with Gasteiger partial charge in [0.15, 0.2) is 0 Å². The van der Waals surface area contributed by atoms with Gasteiger partial charge in [-0.2, -0.15) is 0 Å². The largest absolute Gasteiger partial charge is 0.497 e. The molecule has 0 saturated carbocycles. The van der Waals surface area contributed by atoms with E-state index >= 15 is 0 Å². The number of carboxylic acid groups (broad SMARTS) is 1. The van der Waals surface area contributed by atoms with Crippen molar-refractivity contribution in [3.05, 3.63) is 24.3 Å². The number of anilines is 1. The molecule has 1 unspecified atom stereocenters. The Morgan fingerprint density at radius 1 is 1.44 bits per heavy atom. The van der Waals surface area contributed by atoms with E-state index in [9.17, 15) is 4.79 Å². The molecule has 0 aliphatic heterocycles. The number of rotatable bonds is 5. The summed E-state index contributed by atoms with van der Waals surface area (Å²) in [6.07, 6.45) is -1.01. The van der Waals surface area contributed by atoms with Crippen molar-refractivity contribution in [3.63, 3.8) is 0 Å². The van der Waals surface area contributed by atoms with E-state index in [1.165, 1.54) is 0 Å². The Hall–Kier alpha value is -1.91. The van der Waals surface area contributed by atoms with Crippen LogP contribution < -0.4 is 15.4 Å². The van der Waals surface area contributed by atoms with Crippen LogP contribution >= 0.6 is 0 Å². The standard InChI is InChI=1S/C11H16N2O3/c1-8(13-11(14)15)7-12-9-3-5-10(16-2)6-4-9/h3-6,8,12-13H,7H2,1-2H3,(H,14,15). The third-order valence-corrected chi connectivity index (χ3v) is 2.07. The second-order valence-corrected chi connectivity index (χ2v) is 3.46. The summed E-state index contributed by atoms with van der Waals surface area (Å²) in [4.78, 5) is 10.3. The molecule has 1 amide bonds. The Morgan fingerprint density at radius 3 is 2.56 bits per heavy atom. The average molecular weight is 224 g/mol. The molecule has 0 heterocycles. The van der Waals surface area contributed by atoms with Gasteiger partial charge in [-0.3, -0.25) is 0 Å². The Bertz CT molecular complexity index is 338. The molecule has 1 aromatic rings. The van der Waals surface area contributed by atoms with Gasteiger partial charge in [0.2, 0.25) is 0 Å². The minimum atomic E-state index is -1.01. The minimum Gasteiger partial charge on any atom is -0.497 e. The highest BCUT2D eigenvalue weighted by Crippen LogP contribution is 2.14. The first-order chi connectivity index (χ1) is 7.61. The molecule has 3 N–H and O–H groups in total. The summed E-state index contributed by atoms with van der Waals surface area (Å²) in [6.45, 7) is 2.34. The van der Waals surface area contributed by atoms with Crippen molar-refractivity contribution >= 4 is 11.8 Å². The first-order valence-electron chi connectivity index (χ1n) is 4.99. The fourth-order valence-corrected chi connectivity index (χ4v) is 1.24. The molecule has 0 aromatic heterocycles. The maximum absolute atomic E-state index is 10.3. The predicted octanol–water partition coefficient (Wildman–Crippen LogP) is 1.76. The SMILES string of the molecule is COc1ccc(NCC(C)NC(=O)O)cc1. The van der Waals surface area contributed by atoms with Crippen molar-refractivity contribution in [3.8, 4) is 5.75 Å². The van der Waals surface area contributed by atoms with Crippen molar-refractivity contribution in [1.29, 1.82) is 0 Å². The first-order valence-corrected chi connectivity index (χ1v) is 4.99. The molecule has 5 nitrogen and oxygen atoms in total. The van der Waals surface area contributed by atoms with Crippen LogP contribution in [0.25, 0.3) is 0 Å². The molecule has 0 bridgehead atoms. The summed E-state index contributed by atoms with van der Waals surface area (Å²) >= 11 is 0. The van der Waals surface area contributed by atoms with Crippen LogP contribution in [-0.2, 0) is 0 Å². The molecule has 0 spiro atoms.